The molecule has 0 fully saturated rings. The SMILES string of the molecule is CC(N)Cc1cccc(F)c1OCc1cccnc1. The number of para-hydroxylation sites is 1. The molecule has 1 aromatic carbocycles. The summed E-state index contributed by atoms with van der Waals surface area (Å²) in [5.41, 5.74) is 7.45. The number of nitrogens with two attached hydrogens (primary N) is 1. The molecular weight excluding hydrogens is 243 g/mol. The summed E-state index contributed by atoms with van der Waals surface area (Å²) < 4.78 is 19.4. The van der Waals surface area contributed by atoms with Gasteiger partial charge in [-0.3, -0.25) is 4.98 Å². The topological polar surface area (TPSA) is 48.1 Å². The van der Waals surface area contributed by atoms with Crippen molar-refractivity contribution in [1.29, 1.82) is 0 Å². The van der Waals surface area contributed by atoms with E-state index in [1.165, 1.54) is 6.07 Å². The van der Waals surface area contributed by atoms with Crippen LogP contribution in [0.4, 0.5) is 4.39 Å². The molecule has 0 bridgehead atoms. The maximum absolute atomic E-state index is 13.8. The number of nitrogens with zero attached hydrogens (tertiary/aromatic N) is 1. The molecule has 4 heteroatoms. The molecule has 2 rings (SSSR count). The Hall–Kier alpha value is -1.94. The van der Waals surface area contributed by atoms with Gasteiger partial charge < -0.3 is 10.5 Å². The maximum Gasteiger partial charge on any atom is 0.165 e. The number of hydrogen-bond donors (Lipinski definition) is 1. The molecule has 0 spiro atoms. The lowest BCUT2D eigenvalue weighted by atomic mass is 10.1. The molecule has 0 saturated heterocycles. The van der Waals surface area contributed by atoms with Crippen LogP contribution in [0.5, 0.6) is 5.75 Å². The molecule has 2 N–H and O–H groups in total. The van der Waals surface area contributed by atoms with Gasteiger partial charge in [0.1, 0.15) is 6.61 Å². The van der Waals surface area contributed by atoms with Crippen LogP contribution in [0.1, 0.15) is 18.1 Å². The molecule has 0 amide bonds. The molecule has 1 unspecified atom stereocenters. The van der Waals surface area contributed by atoms with Crippen molar-refractivity contribution >= 4 is 0 Å². The summed E-state index contributed by atoms with van der Waals surface area (Å²) in [6, 6.07) is 8.57. The molecule has 0 aliphatic rings. The number of rotatable bonds is 5. The van der Waals surface area contributed by atoms with Crippen molar-refractivity contribution in [1.82, 2.24) is 4.98 Å². The van der Waals surface area contributed by atoms with Crippen molar-refractivity contribution in [3.8, 4) is 5.75 Å². The number of aromatic nitrogens is 1. The molecule has 19 heavy (non-hydrogen) atoms. The highest BCUT2D eigenvalue weighted by Crippen LogP contribution is 2.24. The van der Waals surface area contributed by atoms with Crippen molar-refractivity contribution in [3.63, 3.8) is 0 Å². The van der Waals surface area contributed by atoms with E-state index in [1.807, 2.05) is 25.1 Å². The Bertz CT molecular complexity index is 529. The number of hydrogen-bond acceptors (Lipinski definition) is 3. The second-order valence-corrected chi connectivity index (χ2v) is 4.56. The smallest absolute Gasteiger partial charge is 0.165 e. The highest BCUT2D eigenvalue weighted by molar-refractivity contribution is 5.35. The van der Waals surface area contributed by atoms with Crippen LogP contribution < -0.4 is 10.5 Å². The molecule has 2 aromatic rings. The first-order chi connectivity index (χ1) is 9.16. The number of halogens is 1. The van der Waals surface area contributed by atoms with Crippen molar-refractivity contribution in [2.24, 2.45) is 5.73 Å². The molecule has 1 atom stereocenters. The van der Waals surface area contributed by atoms with E-state index in [1.54, 1.807) is 18.5 Å². The minimum absolute atomic E-state index is 0.0393. The first-order valence-corrected chi connectivity index (χ1v) is 6.21. The zero-order valence-corrected chi connectivity index (χ0v) is 10.8. The molecule has 0 saturated carbocycles. The Kier molecular flexibility index (Phi) is 4.47. The molecule has 0 aliphatic heterocycles. The molecular formula is C15H17FN2O. The van der Waals surface area contributed by atoms with Crippen LogP contribution in [0.15, 0.2) is 42.7 Å². The fraction of sp³-hybridized carbons (Fsp3) is 0.267. The molecule has 1 aromatic heterocycles. The highest BCUT2D eigenvalue weighted by atomic mass is 19.1. The second kappa shape index (κ2) is 6.29. The summed E-state index contributed by atoms with van der Waals surface area (Å²) in [5.74, 6) is -0.0781. The van der Waals surface area contributed by atoms with E-state index in [9.17, 15) is 4.39 Å². The lowest BCUT2D eigenvalue weighted by molar-refractivity contribution is 0.286. The van der Waals surface area contributed by atoms with Gasteiger partial charge in [-0.05, 0) is 31.0 Å². The number of pyridine rings is 1. The van der Waals surface area contributed by atoms with Crippen LogP contribution in [0.3, 0.4) is 0 Å². The normalized spacial score (nSPS) is 12.2. The summed E-state index contributed by atoms with van der Waals surface area (Å²) in [6.07, 6.45) is 3.97. The summed E-state index contributed by atoms with van der Waals surface area (Å²) in [7, 11) is 0. The van der Waals surface area contributed by atoms with Crippen LogP contribution in [0.25, 0.3) is 0 Å². The Morgan fingerprint density at radius 3 is 2.84 bits per heavy atom. The average Bonchev–Trinajstić information content (AvgIpc) is 2.38. The summed E-state index contributed by atoms with van der Waals surface area (Å²) in [6.45, 7) is 2.18. The number of ether oxygens (including phenoxy) is 1. The minimum Gasteiger partial charge on any atom is -0.485 e. The van der Waals surface area contributed by atoms with Gasteiger partial charge in [-0.1, -0.05) is 18.2 Å². The predicted octanol–water partition coefficient (Wildman–Crippen LogP) is 2.69. The van der Waals surface area contributed by atoms with E-state index in [0.29, 0.717) is 13.0 Å². The standard InChI is InChI=1S/C15H17FN2O/c1-11(17)8-13-5-2-6-14(16)15(13)19-10-12-4-3-7-18-9-12/h2-7,9,11H,8,10,17H2,1H3. The zero-order chi connectivity index (χ0) is 13.7. The monoisotopic (exact) mass is 260 g/mol. The Balaban J connectivity index is 2.14. The molecule has 1 heterocycles. The lowest BCUT2D eigenvalue weighted by Crippen LogP contribution is -2.18. The van der Waals surface area contributed by atoms with Crippen molar-refractivity contribution in [3.05, 3.63) is 59.7 Å². The van der Waals surface area contributed by atoms with E-state index < -0.39 is 0 Å². The minimum atomic E-state index is -0.359. The van der Waals surface area contributed by atoms with Gasteiger partial charge >= 0.3 is 0 Å². The van der Waals surface area contributed by atoms with E-state index in [-0.39, 0.29) is 17.6 Å². The summed E-state index contributed by atoms with van der Waals surface area (Å²) in [5, 5.41) is 0. The third-order valence-corrected chi connectivity index (χ3v) is 2.70. The summed E-state index contributed by atoms with van der Waals surface area (Å²) in [4.78, 5) is 4.00. The highest BCUT2D eigenvalue weighted by Gasteiger charge is 2.11. The summed E-state index contributed by atoms with van der Waals surface area (Å²) >= 11 is 0. The first-order valence-electron chi connectivity index (χ1n) is 6.21. The van der Waals surface area contributed by atoms with Gasteiger partial charge in [0.25, 0.3) is 0 Å². The van der Waals surface area contributed by atoms with Gasteiger partial charge in [0, 0.05) is 24.0 Å². The van der Waals surface area contributed by atoms with Crippen LogP contribution in [0.2, 0.25) is 0 Å². The largest absolute Gasteiger partial charge is 0.485 e. The van der Waals surface area contributed by atoms with Crippen LogP contribution in [0, 0.1) is 5.82 Å². The quantitative estimate of drug-likeness (QED) is 0.899. The fourth-order valence-electron chi connectivity index (χ4n) is 1.86. The van der Waals surface area contributed by atoms with Gasteiger partial charge in [-0.15, -0.1) is 0 Å². The molecule has 0 radical (unpaired) electrons. The average molecular weight is 260 g/mol. The van der Waals surface area contributed by atoms with E-state index >= 15 is 0 Å². The van der Waals surface area contributed by atoms with Gasteiger partial charge in [0.05, 0.1) is 0 Å². The molecule has 3 nitrogen and oxygen atoms in total. The van der Waals surface area contributed by atoms with Gasteiger partial charge in [0.2, 0.25) is 0 Å². The van der Waals surface area contributed by atoms with E-state index in [2.05, 4.69) is 4.98 Å². The molecule has 0 aliphatic carbocycles. The first kappa shape index (κ1) is 13.5. The van der Waals surface area contributed by atoms with E-state index in [4.69, 9.17) is 10.5 Å². The third kappa shape index (κ3) is 3.76. The fourth-order valence-corrected chi connectivity index (χ4v) is 1.86. The van der Waals surface area contributed by atoms with Crippen molar-refractivity contribution < 1.29 is 9.13 Å². The van der Waals surface area contributed by atoms with Crippen LogP contribution in [-0.4, -0.2) is 11.0 Å². The predicted molar refractivity (Wildman–Crippen MR) is 72.3 cm³/mol. The van der Waals surface area contributed by atoms with E-state index in [0.717, 1.165) is 11.1 Å². The zero-order valence-electron chi connectivity index (χ0n) is 10.8. The van der Waals surface area contributed by atoms with Crippen molar-refractivity contribution in [2.75, 3.05) is 0 Å². The van der Waals surface area contributed by atoms with Crippen LogP contribution >= 0.6 is 0 Å². The van der Waals surface area contributed by atoms with Crippen LogP contribution in [-0.2, 0) is 13.0 Å². The Morgan fingerprint density at radius 2 is 2.16 bits per heavy atom. The molecule has 100 valence electrons. The van der Waals surface area contributed by atoms with Gasteiger partial charge in [-0.2, -0.15) is 0 Å². The van der Waals surface area contributed by atoms with Crippen molar-refractivity contribution in [2.45, 2.75) is 26.0 Å². The van der Waals surface area contributed by atoms with Gasteiger partial charge in [0.15, 0.2) is 11.6 Å². The second-order valence-electron chi connectivity index (χ2n) is 4.56. The Morgan fingerprint density at radius 1 is 1.32 bits per heavy atom. The lowest BCUT2D eigenvalue weighted by Gasteiger charge is -2.13. The Labute approximate surface area is 112 Å². The van der Waals surface area contributed by atoms with Gasteiger partial charge in [-0.25, -0.2) is 4.39 Å². The third-order valence-electron chi connectivity index (χ3n) is 2.70. The maximum atomic E-state index is 13.8. The number of benzene rings is 1.